The maximum absolute atomic E-state index is 13.2. The molecule has 0 bridgehead atoms. The lowest BCUT2D eigenvalue weighted by Gasteiger charge is -2.40. The highest BCUT2D eigenvalue weighted by Gasteiger charge is 2.30. The molecule has 1 aliphatic heterocycles. The van der Waals surface area contributed by atoms with Crippen LogP contribution in [0.5, 0.6) is 0 Å². The zero-order valence-corrected chi connectivity index (χ0v) is 15.3. The van der Waals surface area contributed by atoms with E-state index in [1.807, 2.05) is 24.9 Å². The number of aryl methyl sites for hydroxylation is 1. The summed E-state index contributed by atoms with van der Waals surface area (Å²) in [6, 6.07) is 6.99. The van der Waals surface area contributed by atoms with Gasteiger partial charge >= 0.3 is 6.03 Å². The lowest BCUT2D eigenvalue weighted by atomic mass is 9.93. The second-order valence-electron chi connectivity index (χ2n) is 7.23. The maximum atomic E-state index is 13.2. The highest BCUT2D eigenvalue weighted by Crippen LogP contribution is 2.20. The molecule has 1 heterocycles. The Labute approximate surface area is 145 Å². The van der Waals surface area contributed by atoms with Crippen LogP contribution in [0.1, 0.15) is 32.3 Å². The van der Waals surface area contributed by atoms with Crippen molar-refractivity contribution in [3.63, 3.8) is 0 Å². The largest absolute Gasteiger partial charge is 0.336 e. The summed E-state index contributed by atoms with van der Waals surface area (Å²) in [5.41, 5.74) is 0.966. The van der Waals surface area contributed by atoms with Crippen molar-refractivity contribution < 1.29 is 9.18 Å². The van der Waals surface area contributed by atoms with Crippen molar-refractivity contribution in [2.45, 2.75) is 45.2 Å². The SMILES string of the molecule is CC(CCc1cccc(F)c1)NC(=O)N(C)C1CCN(C)CC1C. The zero-order valence-electron chi connectivity index (χ0n) is 15.3. The smallest absolute Gasteiger partial charge is 0.317 e. The average molecular weight is 335 g/mol. The molecule has 1 fully saturated rings. The van der Waals surface area contributed by atoms with E-state index >= 15 is 0 Å². The second kappa shape index (κ2) is 8.47. The number of urea groups is 1. The topological polar surface area (TPSA) is 35.6 Å². The first-order chi connectivity index (χ1) is 11.4. The molecule has 1 aromatic carbocycles. The van der Waals surface area contributed by atoms with Crippen LogP contribution < -0.4 is 5.32 Å². The van der Waals surface area contributed by atoms with Gasteiger partial charge in [-0.3, -0.25) is 0 Å². The molecule has 3 unspecified atom stereocenters. The fourth-order valence-corrected chi connectivity index (χ4v) is 3.53. The van der Waals surface area contributed by atoms with Gasteiger partial charge in [-0.15, -0.1) is 0 Å². The van der Waals surface area contributed by atoms with Crippen LogP contribution in [0.15, 0.2) is 24.3 Å². The van der Waals surface area contributed by atoms with Gasteiger partial charge in [0, 0.05) is 25.7 Å². The fourth-order valence-electron chi connectivity index (χ4n) is 3.53. The Morgan fingerprint density at radius 1 is 1.50 bits per heavy atom. The van der Waals surface area contributed by atoms with Crippen LogP contribution in [0.2, 0.25) is 0 Å². The summed E-state index contributed by atoms with van der Waals surface area (Å²) >= 11 is 0. The van der Waals surface area contributed by atoms with Gasteiger partial charge in [0.2, 0.25) is 0 Å². The summed E-state index contributed by atoms with van der Waals surface area (Å²) in [5, 5.41) is 3.07. The van der Waals surface area contributed by atoms with E-state index in [-0.39, 0.29) is 23.9 Å². The van der Waals surface area contributed by atoms with Crippen molar-refractivity contribution in [2.75, 3.05) is 27.2 Å². The van der Waals surface area contributed by atoms with Gasteiger partial charge < -0.3 is 15.1 Å². The molecule has 134 valence electrons. The highest BCUT2D eigenvalue weighted by atomic mass is 19.1. The van der Waals surface area contributed by atoms with Crippen molar-refractivity contribution in [1.29, 1.82) is 0 Å². The van der Waals surface area contributed by atoms with Gasteiger partial charge in [-0.1, -0.05) is 19.1 Å². The maximum Gasteiger partial charge on any atom is 0.317 e. The number of hydrogen-bond donors (Lipinski definition) is 1. The Kier molecular flexibility index (Phi) is 6.60. The third kappa shape index (κ3) is 5.20. The Hall–Kier alpha value is -1.62. The molecule has 0 radical (unpaired) electrons. The fraction of sp³-hybridized carbons (Fsp3) is 0.632. The van der Waals surface area contributed by atoms with Crippen LogP contribution in [0.4, 0.5) is 9.18 Å². The van der Waals surface area contributed by atoms with Crippen molar-refractivity contribution in [3.8, 4) is 0 Å². The number of rotatable bonds is 5. The number of hydrogen-bond acceptors (Lipinski definition) is 2. The predicted molar refractivity (Wildman–Crippen MR) is 95.5 cm³/mol. The molecular formula is C19H30FN3O. The minimum Gasteiger partial charge on any atom is -0.336 e. The summed E-state index contributed by atoms with van der Waals surface area (Å²) in [6.07, 6.45) is 2.57. The molecule has 0 aromatic heterocycles. The molecule has 3 atom stereocenters. The summed E-state index contributed by atoms with van der Waals surface area (Å²) in [4.78, 5) is 16.7. The number of benzene rings is 1. The van der Waals surface area contributed by atoms with E-state index in [0.717, 1.165) is 37.9 Å². The number of amides is 2. The zero-order chi connectivity index (χ0) is 17.7. The van der Waals surface area contributed by atoms with E-state index in [9.17, 15) is 9.18 Å². The molecule has 0 spiro atoms. The third-order valence-electron chi connectivity index (χ3n) is 5.01. The van der Waals surface area contributed by atoms with Crippen molar-refractivity contribution in [1.82, 2.24) is 15.1 Å². The standard InChI is InChI=1S/C19H30FN3O/c1-14-13-22(3)11-10-18(14)23(4)19(24)21-15(2)8-9-16-6-5-7-17(20)12-16/h5-7,12,14-15,18H,8-11,13H2,1-4H3,(H,21,24). The normalized spacial score (nSPS) is 22.9. The molecule has 1 aromatic rings. The minimum atomic E-state index is -0.208. The van der Waals surface area contributed by atoms with E-state index < -0.39 is 0 Å². The number of nitrogens with one attached hydrogen (secondary N) is 1. The van der Waals surface area contributed by atoms with Crippen LogP contribution in [0, 0.1) is 11.7 Å². The van der Waals surface area contributed by atoms with Crippen LogP contribution in [-0.4, -0.2) is 55.1 Å². The Bertz CT molecular complexity index is 551. The van der Waals surface area contributed by atoms with Gasteiger partial charge in [0.05, 0.1) is 0 Å². The number of likely N-dealkylation sites (tertiary alicyclic amines) is 1. The summed E-state index contributed by atoms with van der Waals surface area (Å²) in [6.45, 7) is 6.26. The quantitative estimate of drug-likeness (QED) is 0.897. The molecule has 4 nitrogen and oxygen atoms in total. The first kappa shape index (κ1) is 18.7. The Balaban J connectivity index is 1.80. The van der Waals surface area contributed by atoms with Crippen LogP contribution in [0.25, 0.3) is 0 Å². The predicted octanol–water partition coefficient (Wildman–Crippen LogP) is 3.13. The van der Waals surface area contributed by atoms with E-state index in [4.69, 9.17) is 0 Å². The lowest BCUT2D eigenvalue weighted by molar-refractivity contribution is 0.106. The van der Waals surface area contributed by atoms with E-state index in [2.05, 4.69) is 24.2 Å². The van der Waals surface area contributed by atoms with Gasteiger partial charge in [0.15, 0.2) is 0 Å². The molecule has 5 heteroatoms. The van der Waals surface area contributed by atoms with E-state index in [0.29, 0.717) is 5.92 Å². The summed E-state index contributed by atoms with van der Waals surface area (Å²) in [7, 11) is 4.02. The van der Waals surface area contributed by atoms with Crippen LogP contribution >= 0.6 is 0 Å². The van der Waals surface area contributed by atoms with Gasteiger partial charge in [0.25, 0.3) is 0 Å². The monoisotopic (exact) mass is 335 g/mol. The molecule has 24 heavy (non-hydrogen) atoms. The molecule has 1 N–H and O–H groups in total. The van der Waals surface area contributed by atoms with Crippen LogP contribution in [-0.2, 0) is 6.42 Å². The molecule has 2 amide bonds. The third-order valence-corrected chi connectivity index (χ3v) is 5.01. The van der Waals surface area contributed by atoms with Gasteiger partial charge in [-0.05, 0) is 63.4 Å². The number of nitrogens with zero attached hydrogens (tertiary/aromatic N) is 2. The number of carbonyl (C=O) groups is 1. The van der Waals surface area contributed by atoms with Crippen LogP contribution in [0.3, 0.4) is 0 Å². The number of piperidine rings is 1. The van der Waals surface area contributed by atoms with Gasteiger partial charge in [-0.2, -0.15) is 0 Å². The first-order valence-electron chi connectivity index (χ1n) is 8.83. The molecule has 0 saturated carbocycles. The van der Waals surface area contributed by atoms with Crippen molar-refractivity contribution in [2.24, 2.45) is 5.92 Å². The average Bonchev–Trinajstić information content (AvgIpc) is 2.52. The van der Waals surface area contributed by atoms with E-state index in [1.54, 1.807) is 12.1 Å². The van der Waals surface area contributed by atoms with Crippen molar-refractivity contribution in [3.05, 3.63) is 35.6 Å². The number of carbonyl (C=O) groups excluding carboxylic acids is 1. The first-order valence-corrected chi connectivity index (χ1v) is 8.83. The molecule has 2 rings (SSSR count). The second-order valence-corrected chi connectivity index (χ2v) is 7.23. The summed E-state index contributed by atoms with van der Waals surface area (Å²) < 4.78 is 13.2. The molecule has 1 aliphatic rings. The minimum absolute atomic E-state index is 0.0110. The Morgan fingerprint density at radius 3 is 2.92 bits per heavy atom. The van der Waals surface area contributed by atoms with Crippen molar-refractivity contribution >= 4 is 6.03 Å². The molecular weight excluding hydrogens is 305 g/mol. The molecule has 0 aliphatic carbocycles. The van der Waals surface area contributed by atoms with E-state index in [1.165, 1.54) is 6.07 Å². The highest BCUT2D eigenvalue weighted by molar-refractivity contribution is 5.74. The number of halogens is 1. The molecule has 1 saturated heterocycles. The van der Waals surface area contributed by atoms with Gasteiger partial charge in [0.1, 0.15) is 5.82 Å². The van der Waals surface area contributed by atoms with Gasteiger partial charge in [-0.25, -0.2) is 9.18 Å². The summed E-state index contributed by atoms with van der Waals surface area (Å²) in [5.74, 6) is 0.266. The lowest BCUT2D eigenvalue weighted by Crippen LogP contribution is -2.53. The Morgan fingerprint density at radius 2 is 2.25 bits per heavy atom.